The van der Waals surface area contributed by atoms with Crippen LogP contribution in [0.3, 0.4) is 0 Å². The van der Waals surface area contributed by atoms with Gasteiger partial charge in [0.2, 0.25) is 13.2 Å². The van der Waals surface area contributed by atoms with Gasteiger partial charge in [0.25, 0.3) is 0 Å². The predicted molar refractivity (Wildman–Crippen MR) is 64.2 cm³/mol. The fourth-order valence-corrected chi connectivity index (χ4v) is 1.78. The quantitative estimate of drug-likeness (QED) is 0.293. The molecule has 1 saturated heterocycles. The number of hydrogen-bond donors (Lipinski definition) is 3. The molecule has 1 aliphatic heterocycles. The van der Waals surface area contributed by atoms with Crippen molar-refractivity contribution < 1.29 is 38.5 Å². The van der Waals surface area contributed by atoms with E-state index in [9.17, 15) is 14.4 Å². The number of carboxylic acid groups (broad SMARTS) is 1. The smallest absolute Gasteiger partial charge is 0.412 e. The second kappa shape index (κ2) is 7.95. The van der Waals surface area contributed by atoms with Crippen molar-refractivity contribution in [3.8, 4) is 0 Å². The second-order valence-corrected chi connectivity index (χ2v) is 4.73. The minimum absolute atomic E-state index is 0.0247. The van der Waals surface area contributed by atoms with Crippen molar-refractivity contribution in [3.63, 3.8) is 0 Å². The van der Waals surface area contributed by atoms with E-state index in [4.69, 9.17) is 14.9 Å². The van der Waals surface area contributed by atoms with E-state index < -0.39 is 34.0 Å². The maximum Gasteiger partial charge on any atom is 0.412 e. The van der Waals surface area contributed by atoms with E-state index in [0.29, 0.717) is 19.4 Å². The molecule has 11 heteroatoms. The SMILES string of the molecule is O=CN1CCC1CN(CC(=O)O)C(=O)OCOP(O)O. The van der Waals surface area contributed by atoms with Gasteiger partial charge in [0.1, 0.15) is 6.54 Å². The molecule has 0 aromatic rings. The highest BCUT2D eigenvalue weighted by atomic mass is 31.2. The van der Waals surface area contributed by atoms with Crippen molar-refractivity contribution in [2.75, 3.05) is 26.4 Å². The summed E-state index contributed by atoms with van der Waals surface area (Å²) in [4.78, 5) is 52.2. The van der Waals surface area contributed by atoms with Crippen molar-refractivity contribution in [3.05, 3.63) is 0 Å². The molecule has 2 amide bonds. The third-order valence-electron chi connectivity index (χ3n) is 2.69. The highest BCUT2D eigenvalue weighted by Crippen LogP contribution is 2.23. The zero-order valence-electron chi connectivity index (χ0n) is 10.4. The summed E-state index contributed by atoms with van der Waals surface area (Å²) in [5, 5.41) is 8.73. The molecule has 0 aliphatic carbocycles. The van der Waals surface area contributed by atoms with Crippen LogP contribution in [0.15, 0.2) is 0 Å². The second-order valence-electron chi connectivity index (χ2n) is 3.97. The van der Waals surface area contributed by atoms with Crippen LogP contribution in [0.2, 0.25) is 0 Å². The summed E-state index contributed by atoms with van der Waals surface area (Å²) in [6, 6.07) is -0.242. The van der Waals surface area contributed by atoms with Gasteiger partial charge in [-0.3, -0.25) is 19.0 Å². The van der Waals surface area contributed by atoms with Crippen LogP contribution < -0.4 is 0 Å². The molecule has 0 saturated carbocycles. The molecule has 3 N–H and O–H groups in total. The fraction of sp³-hybridized carbons (Fsp3) is 0.667. The molecule has 1 heterocycles. The summed E-state index contributed by atoms with van der Waals surface area (Å²) in [5.74, 6) is -1.23. The lowest BCUT2D eigenvalue weighted by molar-refractivity contribution is -0.138. The molecular weight excluding hydrogens is 295 g/mol. The number of carbonyl (C=O) groups is 3. The van der Waals surface area contributed by atoms with Gasteiger partial charge in [-0.25, -0.2) is 4.79 Å². The third kappa shape index (κ3) is 5.25. The Morgan fingerprint density at radius 2 is 2.15 bits per heavy atom. The molecule has 1 atom stereocenters. The summed E-state index contributed by atoms with van der Waals surface area (Å²) in [7, 11) is -2.65. The van der Waals surface area contributed by atoms with Crippen LogP contribution >= 0.6 is 8.60 Å². The van der Waals surface area contributed by atoms with Crippen molar-refractivity contribution in [1.29, 1.82) is 0 Å². The number of amides is 2. The fourth-order valence-electron chi connectivity index (χ4n) is 1.63. The summed E-state index contributed by atoms with van der Waals surface area (Å²) < 4.78 is 8.79. The van der Waals surface area contributed by atoms with Gasteiger partial charge >= 0.3 is 20.7 Å². The van der Waals surface area contributed by atoms with Crippen LogP contribution in [0, 0.1) is 0 Å². The molecular formula is C9H15N2O8P. The molecule has 20 heavy (non-hydrogen) atoms. The molecule has 10 nitrogen and oxygen atoms in total. The van der Waals surface area contributed by atoms with E-state index in [1.165, 1.54) is 4.90 Å². The molecule has 0 bridgehead atoms. The Morgan fingerprint density at radius 1 is 1.45 bits per heavy atom. The minimum atomic E-state index is -2.65. The van der Waals surface area contributed by atoms with Gasteiger partial charge in [-0.1, -0.05) is 0 Å². The number of aliphatic carboxylic acids is 1. The largest absolute Gasteiger partial charge is 0.480 e. The molecule has 1 aliphatic rings. The van der Waals surface area contributed by atoms with Crippen LogP contribution in [0.25, 0.3) is 0 Å². The Morgan fingerprint density at radius 3 is 2.60 bits per heavy atom. The van der Waals surface area contributed by atoms with Crippen molar-refractivity contribution in [2.45, 2.75) is 12.5 Å². The van der Waals surface area contributed by atoms with Crippen molar-refractivity contribution in [2.24, 2.45) is 0 Å². The van der Waals surface area contributed by atoms with Gasteiger partial charge in [-0.05, 0) is 6.42 Å². The summed E-state index contributed by atoms with van der Waals surface area (Å²) in [6.45, 7) is -0.700. The Balaban J connectivity index is 2.47. The van der Waals surface area contributed by atoms with E-state index in [0.717, 1.165) is 4.90 Å². The van der Waals surface area contributed by atoms with Gasteiger partial charge in [0, 0.05) is 13.1 Å². The summed E-state index contributed by atoms with van der Waals surface area (Å²) in [5.41, 5.74) is 0. The van der Waals surface area contributed by atoms with E-state index in [1.807, 2.05) is 0 Å². The van der Waals surface area contributed by atoms with Crippen LogP contribution in [0.4, 0.5) is 4.79 Å². The lowest BCUT2D eigenvalue weighted by Gasteiger charge is -2.40. The Labute approximate surface area is 115 Å². The molecule has 1 rings (SSSR count). The Hall–Kier alpha value is -1.48. The van der Waals surface area contributed by atoms with E-state index in [1.54, 1.807) is 0 Å². The number of likely N-dealkylation sites (tertiary alicyclic amines) is 1. The lowest BCUT2D eigenvalue weighted by Crippen LogP contribution is -2.54. The van der Waals surface area contributed by atoms with Crippen LogP contribution in [-0.4, -0.2) is 75.6 Å². The number of hydrogen-bond acceptors (Lipinski definition) is 7. The molecule has 1 fully saturated rings. The zero-order chi connectivity index (χ0) is 15.1. The number of ether oxygens (including phenoxy) is 1. The number of carboxylic acids is 1. The highest BCUT2D eigenvalue weighted by Gasteiger charge is 2.31. The molecule has 0 spiro atoms. The predicted octanol–water partition coefficient (Wildman–Crippen LogP) is -1.07. The first-order valence-corrected chi connectivity index (χ1v) is 6.76. The van der Waals surface area contributed by atoms with Crippen LogP contribution in [0.5, 0.6) is 0 Å². The van der Waals surface area contributed by atoms with Crippen LogP contribution in [-0.2, 0) is 18.8 Å². The molecule has 0 radical (unpaired) electrons. The Kier molecular flexibility index (Phi) is 6.59. The molecule has 1 unspecified atom stereocenters. The standard InChI is InChI=1S/C9H15N2O8P/c12-5-10-2-1-7(10)3-11(4-8(13)14)9(15)18-6-19-20(16)17/h5,7,16-17H,1-4,6H2,(H,13,14). The zero-order valence-corrected chi connectivity index (χ0v) is 11.3. The number of carbonyl (C=O) groups excluding carboxylic acids is 2. The van der Waals surface area contributed by atoms with Crippen molar-refractivity contribution in [1.82, 2.24) is 9.80 Å². The minimum Gasteiger partial charge on any atom is -0.480 e. The van der Waals surface area contributed by atoms with Gasteiger partial charge in [0.05, 0.1) is 6.04 Å². The van der Waals surface area contributed by atoms with E-state index in [2.05, 4.69) is 9.26 Å². The van der Waals surface area contributed by atoms with E-state index in [-0.39, 0.29) is 12.6 Å². The number of rotatable bonds is 8. The maximum absolute atomic E-state index is 11.6. The average Bonchev–Trinajstić information content (AvgIpc) is 2.32. The topological polar surface area (TPSA) is 137 Å². The highest BCUT2D eigenvalue weighted by molar-refractivity contribution is 7.39. The summed E-state index contributed by atoms with van der Waals surface area (Å²) in [6.07, 6.45) is 0.325. The monoisotopic (exact) mass is 310 g/mol. The molecule has 0 aromatic carbocycles. The van der Waals surface area contributed by atoms with Gasteiger partial charge < -0.3 is 24.5 Å². The van der Waals surface area contributed by atoms with Gasteiger partial charge in [-0.15, -0.1) is 0 Å². The first-order valence-electron chi connectivity index (χ1n) is 5.59. The van der Waals surface area contributed by atoms with Gasteiger partial charge in [-0.2, -0.15) is 0 Å². The lowest BCUT2D eigenvalue weighted by atomic mass is 10.0. The first kappa shape index (κ1) is 16.6. The third-order valence-corrected chi connectivity index (χ3v) is 3.03. The summed E-state index contributed by atoms with van der Waals surface area (Å²) >= 11 is 0. The molecule has 0 aromatic heterocycles. The Bertz CT molecular complexity index is 366. The van der Waals surface area contributed by atoms with Crippen molar-refractivity contribution >= 4 is 27.1 Å². The maximum atomic E-state index is 11.6. The molecule has 114 valence electrons. The van der Waals surface area contributed by atoms with Gasteiger partial charge in [0.15, 0.2) is 0 Å². The average molecular weight is 310 g/mol. The normalized spacial score (nSPS) is 17.6. The van der Waals surface area contributed by atoms with Crippen LogP contribution in [0.1, 0.15) is 6.42 Å². The van der Waals surface area contributed by atoms with E-state index >= 15 is 0 Å². The first-order chi connectivity index (χ1) is 9.43. The number of nitrogens with zero attached hydrogens (tertiary/aromatic N) is 2.